The predicted molar refractivity (Wildman–Crippen MR) is 106 cm³/mol. The van der Waals surface area contributed by atoms with E-state index in [-0.39, 0.29) is 11.8 Å². The molecular weight excluding hydrogens is 372 g/mol. The van der Waals surface area contributed by atoms with Crippen molar-refractivity contribution in [1.29, 1.82) is 0 Å². The number of nitrogens with one attached hydrogen (secondary N) is 1. The topological polar surface area (TPSA) is 101 Å². The molecule has 152 valence electrons. The van der Waals surface area contributed by atoms with Gasteiger partial charge in [0, 0.05) is 45.0 Å². The zero-order valence-electron chi connectivity index (χ0n) is 16.2. The summed E-state index contributed by atoms with van der Waals surface area (Å²) in [5, 5.41) is 10.9. The zero-order chi connectivity index (χ0) is 20.1. The molecule has 9 heteroatoms. The molecular formula is C20H24N6O3. The van der Waals surface area contributed by atoms with Crippen LogP contribution in [0.4, 0.5) is 10.6 Å². The normalized spacial score (nSPS) is 16.4. The van der Waals surface area contributed by atoms with Gasteiger partial charge >= 0.3 is 6.09 Å². The Bertz CT molecular complexity index is 833. The molecule has 1 saturated carbocycles. The third kappa shape index (κ3) is 5.18. The number of ether oxygens (including phenoxy) is 1. The quantitative estimate of drug-likeness (QED) is 0.793. The average Bonchev–Trinajstić information content (AvgIpc) is 3.59. The van der Waals surface area contributed by atoms with E-state index >= 15 is 0 Å². The van der Waals surface area contributed by atoms with E-state index in [0.717, 1.165) is 12.3 Å². The van der Waals surface area contributed by atoms with Crippen molar-refractivity contribution in [3.05, 3.63) is 42.2 Å². The summed E-state index contributed by atoms with van der Waals surface area (Å²) < 4.78 is 5.15. The maximum atomic E-state index is 12.5. The molecule has 3 heterocycles. The third-order valence-corrected chi connectivity index (χ3v) is 5.12. The molecule has 0 spiro atoms. The Labute approximate surface area is 169 Å². The van der Waals surface area contributed by atoms with Gasteiger partial charge in [0.25, 0.3) is 5.91 Å². The summed E-state index contributed by atoms with van der Waals surface area (Å²) in [4.78, 5) is 32.2. The molecule has 2 amide bonds. The molecule has 9 nitrogen and oxygen atoms in total. The summed E-state index contributed by atoms with van der Waals surface area (Å²) in [6.07, 6.45) is 4.63. The Kier molecular flexibility index (Phi) is 5.83. The van der Waals surface area contributed by atoms with Gasteiger partial charge in [-0.25, -0.2) is 4.79 Å². The zero-order valence-corrected chi connectivity index (χ0v) is 16.2. The molecule has 2 aliphatic rings. The predicted octanol–water partition coefficient (Wildman–Crippen LogP) is 1.72. The molecule has 29 heavy (non-hydrogen) atoms. The third-order valence-electron chi connectivity index (χ3n) is 5.12. The van der Waals surface area contributed by atoms with Gasteiger partial charge in [-0.15, -0.1) is 10.2 Å². The van der Waals surface area contributed by atoms with Crippen LogP contribution in [0.1, 0.15) is 29.8 Å². The van der Waals surface area contributed by atoms with Crippen molar-refractivity contribution >= 4 is 17.8 Å². The Morgan fingerprint density at radius 2 is 1.90 bits per heavy atom. The van der Waals surface area contributed by atoms with Crippen molar-refractivity contribution in [1.82, 2.24) is 25.4 Å². The number of amides is 2. The van der Waals surface area contributed by atoms with Gasteiger partial charge in [0.15, 0.2) is 5.82 Å². The van der Waals surface area contributed by atoms with E-state index in [0.29, 0.717) is 44.2 Å². The summed E-state index contributed by atoms with van der Waals surface area (Å²) in [6.45, 7) is 3.08. The minimum absolute atomic E-state index is 0.0622. The molecule has 0 radical (unpaired) electrons. The molecule has 0 bridgehead atoms. The van der Waals surface area contributed by atoms with Crippen molar-refractivity contribution in [3.63, 3.8) is 0 Å². The number of aromatic nitrogens is 3. The van der Waals surface area contributed by atoms with Crippen molar-refractivity contribution < 1.29 is 14.3 Å². The first kappa shape index (κ1) is 19.1. The van der Waals surface area contributed by atoms with Crippen molar-refractivity contribution in [2.45, 2.75) is 19.3 Å². The summed E-state index contributed by atoms with van der Waals surface area (Å²) in [7, 11) is 0. The Balaban J connectivity index is 1.24. The van der Waals surface area contributed by atoms with E-state index in [1.54, 1.807) is 35.4 Å². The Morgan fingerprint density at radius 1 is 1.07 bits per heavy atom. The fourth-order valence-corrected chi connectivity index (χ4v) is 3.24. The van der Waals surface area contributed by atoms with Crippen LogP contribution in [0.25, 0.3) is 0 Å². The van der Waals surface area contributed by atoms with Crippen LogP contribution in [0.2, 0.25) is 0 Å². The first-order valence-electron chi connectivity index (χ1n) is 9.94. The number of rotatable bonds is 6. The second kappa shape index (κ2) is 8.85. The lowest BCUT2D eigenvalue weighted by molar-refractivity contribution is 0.0740. The lowest BCUT2D eigenvalue weighted by Crippen LogP contribution is -2.49. The van der Waals surface area contributed by atoms with Crippen LogP contribution >= 0.6 is 0 Å². The highest BCUT2D eigenvalue weighted by Crippen LogP contribution is 2.31. The van der Waals surface area contributed by atoms with E-state index in [4.69, 9.17) is 4.74 Å². The number of carbonyl (C=O) groups excluding carboxylic acids is 2. The maximum absolute atomic E-state index is 12.5. The molecule has 1 aliphatic carbocycles. The molecule has 1 N–H and O–H groups in total. The Hall–Kier alpha value is -3.23. The van der Waals surface area contributed by atoms with Crippen molar-refractivity contribution in [2.75, 3.05) is 37.6 Å². The van der Waals surface area contributed by atoms with Gasteiger partial charge in [0.2, 0.25) is 5.88 Å². The molecule has 2 aromatic heterocycles. The number of anilines is 1. The minimum Gasteiger partial charge on any atom is -0.390 e. The van der Waals surface area contributed by atoms with Crippen LogP contribution in [0.15, 0.2) is 36.5 Å². The first-order valence-corrected chi connectivity index (χ1v) is 9.94. The number of nitrogens with zero attached hydrogens (tertiary/aromatic N) is 5. The van der Waals surface area contributed by atoms with Crippen molar-refractivity contribution in [2.24, 2.45) is 5.92 Å². The highest BCUT2D eigenvalue weighted by molar-refractivity contribution is 5.92. The fraction of sp³-hybridized carbons (Fsp3) is 0.450. The number of pyridine rings is 1. The van der Waals surface area contributed by atoms with E-state index in [9.17, 15) is 9.59 Å². The van der Waals surface area contributed by atoms with Gasteiger partial charge in [0.1, 0.15) is 5.69 Å². The molecule has 0 aromatic carbocycles. The molecule has 2 fully saturated rings. The van der Waals surface area contributed by atoms with Gasteiger partial charge in [-0.05, 0) is 30.5 Å². The summed E-state index contributed by atoms with van der Waals surface area (Å²) in [6, 6.07) is 8.73. The molecule has 0 unspecified atom stereocenters. The van der Waals surface area contributed by atoms with E-state index in [1.165, 1.54) is 12.8 Å². The second-order valence-corrected chi connectivity index (χ2v) is 7.27. The van der Waals surface area contributed by atoms with Gasteiger partial charge in [-0.1, -0.05) is 18.9 Å². The Morgan fingerprint density at radius 3 is 2.55 bits per heavy atom. The maximum Gasteiger partial charge on any atom is 0.413 e. The van der Waals surface area contributed by atoms with E-state index < -0.39 is 6.09 Å². The van der Waals surface area contributed by atoms with Crippen LogP contribution in [0, 0.1) is 5.92 Å². The largest absolute Gasteiger partial charge is 0.413 e. The number of hydrogen-bond acceptors (Lipinski definition) is 7. The second-order valence-electron chi connectivity index (χ2n) is 7.27. The highest BCUT2D eigenvalue weighted by Gasteiger charge is 2.24. The summed E-state index contributed by atoms with van der Waals surface area (Å²) in [5.74, 6) is 1.56. The van der Waals surface area contributed by atoms with Gasteiger partial charge in [-0.2, -0.15) is 0 Å². The molecule has 1 aliphatic heterocycles. The lowest BCUT2D eigenvalue weighted by atomic mass is 10.2. The molecule has 1 saturated heterocycles. The molecule has 0 atom stereocenters. The number of hydrogen-bond donors (Lipinski definition) is 1. The summed E-state index contributed by atoms with van der Waals surface area (Å²) in [5.41, 5.74) is 0.456. The number of piperazine rings is 1. The van der Waals surface area contributed by atoms with Crippen LogP contribution in [0.3, 0.4) is 0 Å². The van der Waals surface area contributed by atoms with Gasteiger partial charge < -0.3 is 19.9 Å². The molecule has 4 rings (SSSR count). The van der Waals surface area contributed by atoms with Crippen LogP contribution in [-0.4, -0.2) is 64.8 Å². The van der Waals surface area contributed by atoms with Crippen LogP contribution in [0.5, 0.6) is 5.88 Å². The minimum atomic E-state index is -0.505. The van der Waals surface area contributed by atoms with E-state index in [1.807, 2.05) is 6.07 Å². The SMILES string of the molecule is O=C(NCCC1CC1)Oc1ccc(N2CCN(C(=O)c3ccccn3)CC2)nn1. The number of carbonyl (C=O) groups is 2. The standard InChI is InChI=1S/C20H24N6O3/c27-19(16-3-1-2-9-21-16)26-13-11-25(12-14-26)17-6-7-18(24-23-17)29-20(28)22-10-8-15-4-5-15/h1-3,6-7,9,15H,4-5,8,10-14H2,(H,22,28). The highest BCUT2D eigenvalue weighted by atomic mass is 16.6. The van der Waals surface area contributed by atoms with Gasteiger partial charge in [-0.3, -0.25) is 9.78 Å². The van der Waals surface area contributed by atoms with E-state index in [2.05, 4.69) is 25.4 Å². The van der Waals surface area contributed by atoms with Gasteiger partial charge in [0.05, 0.1) is 0 Å². The fourth-order valence-electron chi connectivity index (χ4n) is 3.24. The first-order chi connectivity index (χ1) is 14.2. The smallest absolute Gasteiger partial charge is 0.390 e. The van der Waals surface area contributed by atoms with Crippen molar-refractivity contribution in [3.8, 4) is 5.88 Å². The average molecular weight is 396 g/mol. The van der Waals surface area contributed by atoms with Crippen LogP contribution in [-0.2, 0) is 0 Å². The lowest BCUT2D eigenvalue weighted by Gasteiger charge is -2.35. The molecule has 2 aromatic rings. The summed E-state index contributed by atoms with van der Waals surface area (Å²) >= 11 is 0. The van der Waals surface area contributed by atoms with Crippen LogP contribution < -0.4 is 15.0 Å². The monoisotopic (exact) mass is 396 g/mol.